The lowest BCUT2D eigenvalue weighted by Gasteiger charge is -2.09. The van der Waals surface area contributed by atoms with Crippen LogP contribution in [0.4, 0.5) is 5.69 Å². The van der Waals surface area contributed by atoms with Crippen LogP contribution in [0.5, 0.6) is 5.75 Å². The predicted molar refractivity (Wildman–Crippen MR) is 96.8 cm³/mol. The second-order valence-corrected chi connectivity index (χ2v) is 6.18. The van der Waals surface area contributed by atoms with E-state index in [1.54, 1.807) is 13.2 Å². The number of benzene rings is 2. The smallest absolute Gasteiger partial charge is 0.277 e. The molecular formula is C18H17N3O3S. The molecule has 0 aliphatic rings. The number of ether oxygens (including phenoxy) is 1. The van der Waals surface area contributed by atoms with Gasteiger partial charge in [0.25, 0.3) is 5.22 Å². The Hall–Kier alpha value is -2.80. The number of carbonyl (C=O) groups excluding carboxylic acids is 1. The van der Waals surface area contributed by atoms with E-state index in [4.69, 9.17) is 9.15 Å². The summed E-state index contributed by atoms with van der Waals surface area (Å²) in [5.41, 5.74) is 2.53. The van der Waals surface area contributed by atoms with Crippen LogP contribution in [0.3, 0.4) is 0 Å². The quantitative estimate of drug-likeness (QED) is 0.678. The number of hydrogen-bond donors (Lipinski definition) is 1. The Kier molecular flexibility index (Phi) is 5.35. The molecule has 0 spiro atoms. The first kappa shape index (κ1) is 17.0. The molecule has 0 unspecified atom stereocenters. The monoisotopic (exact) mass is 355 g/mol. The number of anilines is 1. The van der Waals surface area contributed by atoms with E-state index < -0.39 is 0 Å². The highest BCUT2D eigenvalue weighted by Gasteiger charge is 2.12. The maximum atomic E-state index is 12.1. The molecule has 6 nitrogen and oxygen atoms in total. The highest BCUT2D eigenvalue weighted by atomic mass is 32.2. The van der Waals surface area contributed by atoms with Crippen molar-refractivity contribution in [3.05, 3.63) is 54.1 Å². The minimum Gasteiger partial charge on any atom is -0.497 e. The zero-order chi connectivity index (χ0) is 17.6. The third kappa shape index (κ3) is 4.39. The molecule has 1 amide bonds. The fourth-order valence-corrected chi connectivity index (χ4v) is 2.75. The lowest BCUT2D eigenvalue weighted by Crippen LogP contribution is -2.14. The van der Waals surface area contributed by atoms with E-state index in [1.165, 1.54) is 11.8 Å². The molecule has 1 N–H and O–H groups in total. The Labute approximate surface area is 149 Å². The Morgan fingerprint density at radius 3 is 2.72 bits per heavy atom. The number of carbonyl (C=O) groups is 1. The number of thioether (sulfide) groups is 1. The van der Waals surface area contributed by atoms with Crippen LogP contribution in [0.1, 0.15) is 5.56 Å². The molecule has 7 heteroatoms. The van der Waals surface area contributed by atoms with E-state index in [1.807, 2.05) is 49.4 Å². The predicted octanol–water partition coefficient (Wildman–Crippen LogP) is 3.78. The second kappa shape index (κ2) is 7.85. The molecule has 1 heterocycles. The Balaban J connectivity index is 1.57. The van der Waals surface area contributed by atoms with Gasteiger partial charge in [0.2, 0.25) is 11.8 Å². The van der Waals surface area contributed by atoms with Crippen molar-refractivity contribution >= 4 is 23.4 Å². The lowest BCUT2D eigenvalue weighted by atomic mass is 10.2. The summed E-state index contributed by atoms with van der Waals surface area (Å²) in [4.78, 5) is 12.1. The Morgan fingerprint density at radius 1 is 1.20 bits per heavy atom. The molecule has 0 saturated carbocycles. The van der Waals surface area contributed by atoms with Crippen molar-refractivity contribution in [1.82, 2.24) is 10.2 Å². The minimum atomic E-state index is -0.141. The van der Waals surface area contributed by atoms with Crippen LogP contribution in [0.15, 0.2) is 58.2 Å². The fourth-order valence-electron chi connectivity index (χ4n) is 2.18. The normalized spacial score (nSPS) is 10.5. The minimum absolute atomic E-state index is 0.141. The molecule has 0 saturated heterocycles. The van der Waals surface area contributed by atoms with E-state index in [2.05, 4.69) is 15.5 Å². The van der Waals surface area contributed by atoms with Gasteiger partial charge in [-0.25, -0.2) is 0 Å². The van der Waals surface area contributed by atoms with Crippen molar-refractivity contribution in [2.45, 2.75) is 12.1 Å². The zero-order valence-electron chi connectivity index (χ0n) is 13.9. The van der Waals surface area contributed by atoms with Crippen LogP contribution in [-0.2, 0) is 4.79 Å². The maximum Gasteiger partial charge on any atom is 0.277 e. The van der Waals surface area contributed by atoms with Crippen LogP contribution >= 0.6 is 11.8 Å². The molecule has 0 radical (unpaired) electrons. The van der Waals surface area contributed by atoms with Gasteiger partial charge in [0.05, 0.1) is 12.9 Å². The molecule has 0 bridgehead atoms. The first-order valence-electron chi connectivity index (χ1n) is 7.62. The van der Waals surface area contributed by atoms with Crippen LogP contribution in [-0.4, -0.2) is 29.0 Å². The van der Waals surface area contributed by atoms with Gasteiger partial charge in [-0.2, -0.15) is 0 Å². The molecule has 3 rings (SSSR count). The van der Waals surface area contributed by atoms with Crippen molar-refractivity contribution in [1.29, 1.82) is 0 Å². The first-order valence-corrected chi connectivity index (χ1v) is 8.60. The van der Waals surface area contributed by atoms with Gasteiger partial charge in [-0.3, -0.25) is 4.79 Å². The van der Waals surface area contributed by atoms with E-state index in [0.29, 0.717) is 11.1 Å². The molecule has 0 aliphatic heterocycles. The molecular weight excluding hydrogens is 338 g/mol. The largest absolute Gasteiger partial charge is 0.497 e. The van der Waals surface area contributed by atoms with E-state index >= 15 is 0 Å². The SMILES string of the molecule is COc1ccc(NC(=O)CSc2nnc(-c3ccccc3)o2)c(C)c1. The molecule has 0 fully saturated rings. The van der Waals surface area contributed by atoms with Gasteiger partial charge in [0, 0.05) is 11.3 Å². The summed E-state index contributed by atoms with van der Waals surface area (Å²) in [5, 5.41) is 11.2. The molecule has 2 aromatic carbocycles. The molecule has 0 atom stereocenters. The number of aryl methyl sites for hydroxylation is 1. The van der Waals surface area contributed by atoms with Gasteiger partial charge < -0.3 is 14.5 Å². The Morgan fingerprint density at radius 2 is 2.00 bits per heavy atom. The van der Waals surface area contributed by atoms with Gasteiger partial charge in [0.1, 0.15) is 5.75 Å². The van der Waals surface area contributed by atoms with Crippen molar-refractivity contribution in [3.8, 4) is 17.2 Å². The van der Waals surface area contributed by atoms with Crippen LogP contribution < -0.4 is 10.1 Å². The molecule has 25 heavy (non-hydrogen) atoms. The summed E-state index contributed by atoms with van der Waals surface area (Å²) in [6.07, 6.45) is 0. The number of hydrogen-bond acceptors (Lipinski definition) is 6. The Bertz CT molecular complexity index is 865. The molecule has 0 aliphatic carbocycles. The second-order valence-electron chi connectivity index (χ2n) is 5.26. The summed E-state index contributed by atoms with van der Waals surface area (Å²) < 4.78 is 10.7. The van der Waals surface area contributed by atoms with Gasteiger partial charge in [-0.1, -0.05) is 30.0 Å². The lowest BCUT2D eigenvalue weighted by molar-refractivity contribution is -0.113. The third-order valence-corrected chi connectivity index (χ3v) is 4.28. The van der Waals surface area contributed by atoms with Gasteiger partial charge >= 0.3 is 0 Å². The summed E-state index contributed by atoms with van der Waals surface area (Å²) in [5.74, 6) is 1.23. The van der Waals surface area contributed by atoms with E-state index in [9.17, 15) is 4.79 Å². The van der Waals surface area contributed by atoms with Crippen molar-refractivity contribution < 1.29 is 13.9 Å². The van der Waals surface area contributed by atoms with Crippen molar-refractivity contribution in [2.24, 2.45) is 0 Å². The average Bonchev–Trinajstić information content (AvgIpc) is 3.11. The standard InChI is InChI=1S/C18H17N3O3S/c1-12-10-14(23-2)8-9-15(12)19-16(22)11-25-18-21-20-17(24-18)13-6-4-3-5-7-13/h3-10H,11H2,1-2H3,(H,19,22). The zero-order valence-corrected chi connectivity index (χ0v) is 14.7. The van der Waals surface area contributed by atoms with Crippen LogP contribution in [0.2, 0.25) is 0 Å². The summed E-state index contributed by atoms with van der Waals surface area (Å²) in [6.45, 7) is 1.91. The highest BCUT2D eigenvalue weighted by Crippen LogP contribution is 2.24. The molecule has 3 aromatic rings. The van der Waals surface area contributed by atoms with Crippen LogP contribution in [0.25, 0.3) is 11.5 Å². The van der Waals surface area contributed by atoms with E-state index in [0.717, 1.165) is 22.6 Å². The van der Waals surface area contributed by atoms with Gasteiger partial charge in [-0.05, 0) is 42.8 Å². The first-order chi connectivity index (χ1) is 12.2. The van der Waals surface area contributed by atoms with Gasteiger partial charge in [0.15, 0.2) is 0 Å². The molecule has 128 valence electrons. The topological polar surface area (TPSA) is 77.2 Å². The third-order valence-electron chi connectivity index (χ3n) is 3.46. The maximum absolute atomic E-state index is 12.1. The van der Waals surface area contributed by atoms with E-state index in [-0.39, 0.29) is 11.7 Å². The summed E-state index contributed by atoms with van der Waals surface area (Å²) in [6, 6.07) is 15.0. The number of aromatic nitrogens is 2. The number of nitrogens with zero attached hydrogens (tertiary/aromatic N) is 2. The summed E-state index contributed by atoms with van der Waals surface area (Å²) >= 11 is 1.20. The van der Waals surface area contributed by atoms with Crippen molar-refractivity contribution in [3.63, 3.8) is 0 Å². The fraction of sp³-hybridized carbons (Fsp3) is 0.167. The highest BCUT2D eigenvalue weighted by molar-refractivity contribution is 7.99. The number of amides is 1. The number of methoxy groups -OCH3 is 1. The summed E-state index contributed by atoms with van der Waals surface area (Å²) in [7, 11) is 1.61. The van der Waals surface area contributed by atoms with Crippen molar-refractivity contribution in [2.75, 3.05) is 18.2 Å². The van der Waals surface area contributed by atoms with Gasteiger partial charge in [-0.15, -0.1) is 10.2 Å². The average molecular weight is 355 g/mol. The van der Waals surface area contributed by atoms with Crippen LogP contribution in [0, 0.1) is 6.92 Å². The number of rotatable bonds is 6. The molecule has 1 aromatic heterocycles. The number of nitrogens with one attached hydrogen (secondary N) is 1.